The maximum atomic E-state index is 10.4. The van der Waals surface area contributed by atoms with E-state index in [1.807, 2.05) is 26.0 Å². The van der Waals surface area contributed by atoms with Crippen LogP contribution in [0.2, 0.25) is 0 Å². The van der Waals surface area contributed by atoms with Crippen molar-refractivity contribution < 1.29 is 15.0 Å². The van der Waals surface area contributed by atoms with Crippen LogP contribution in [0.15, 0.2) is 0 Å². The Hall–Kier alpha value is -0.380. The Morgan fingerprint density at radius 3 is 1.48 bits per heavy atom. The number of hydrogen-bond acceptors (Lipinski definition) is 8. The second-order valence-electron chi connectivity index (χ2n) is 6.80. The molecular weight excluding hydrogens is 376 g/mol. The zero-order valence-electron chi connectivity index (χ0n) is 14.9. The number of ketones is 1. The summed E-state index contributed by atoms with van der Waals surface area (Å²) in [6.45, 7) is 6.15. The molecule has 0 saturated carbocycles. The number of carbonyl (C=O) groups excluding carboxylic acids is 1. The monoisotopic (exact) mass is 402 g/mol. The molecule has 0 aromatic heterocycles. The number of thioether (sulfide) groups is 3. The van der Waals surface area contributed by atoms with E-state index in [0.717, 1.165) is 12.2 Å². The number of rotatable bonds is 0. The lowest BCUT2D eigenvalue weighted by atomic mass is 10.0. The van der Waals surface area contributed by atoms with E-state index in [1.165, 1.54) is 0 Å². The molecule has 0 aromatic carbocycles. The van der Waals surface area contributed by atoms with E-state index < -0.39 is 11.2 Å². The number of carbonyl (C=O) groups is 1. The molecule has 3 fully saturated rings. The summed E-state index contributed by atoms with van der Waals surface area (Å²) in [5.41, 5.74) is -2.05. The van der Waals surface area contributed by atoms with Crippen molar-refractivity contribution in [2.24, 2.45) is 0 Å². The fourth-order valence-electron chi connectivity index (χ4n) is 2.58. The van der Waals surface area contributed by atoms with Gasteiger partial charge in [-0.2, -0.15) is 45.8 Å². The molecule has 0 aliphatic carbocycles. The minimum atomic E-state index is -1.02. The smallest absolute Gasteiger partial charge is 0.161 e. The van der Waals surface area contributed by atoms with Gasteiger partial charge in [-0.15, -0.1) is 0 Å². The van der Waals surface area contributed by atoms with Crippen LogP contribution in [-0.4, -0.2) is 60.2 Å². The van der Waals surface area contributed by atoms with E-state index in [4.69, 9.17) is 10.5 Å². The number of aliphatic hydroxyl groups is 2. The highest BCUT2D eigenvalue weighted by atomic mass is 32.2. The van der Waals surface area contributed by atoms with Gasteiger partial charge in [-0.1, -0.05) is 20.8 Å². The third-order valence-electron chi connectivity index (χ3n) is 3.92. The second-order valence-corrected chi connectivity index (χ2v) is 11.1. The van der Waals surface area contributed by atoms with Gasteiger partial charge >= 0.3 is 0 Å². The van der Waals surface area contributed by atoms with Gasteiger partial charge in [0.25, 0.3) is 0 Å². The number of nitriles is 2. The van der Waals surface area contributed by atoms with Gasteiger partial charge in [-0.25, -0.2) is 0 Å². The number of Topliss-reactive ketones (excluding diaryl/α,β-unsaturated/α-hetero) is 1. The van der Waals surface area contributed by atoms with Gasteiger partial charge in [-0.05, 0) is 0 Å². The largest absolute Gasteiger partial charge is 0.374 e. The Morgan fingerprint density at radius 1 is 0.920 bits per heavy atom. The van der Waals surface area contributed by atoms with Gasteiger partial charge in [-0.3, -0.25) is 4.79 Å². The first-order chi connectivity index (χ1) is 11.6. The van der Waals surface area contributed by atoms with E-state index in [0.29, 0.717) is 45.9 Å². The van der Waals surface area contributed by atoms with Gasteiger partial charge < -0.3 is 10.2 Å². The lowest BCUT2D eigenvalue weighted by Gasteiger charge is -2.08. The Balaban J connectivity index is 0.000000189. The number of hydrogen-bond donors (Lipinski definition) is 2. The summed E-state index contributed by atoms with van der Waals surface area (Å²) in [5, 5.41) is 36.9. The van der Waals surface area contributed by atoms with Crippen molar-refractivity contribution in [3.63, 3.8) is 0 Å². The summed E-state index contributed by atoms with van der Waals surface area (Å²) in [6, 6.07) is 3.81. The predicted octanol–water partition coefficient (Wildman–Crippen LogP) is 2.61. The average Bonchev–Trinajstić information content (AvgIpc) is 3.22. The summed E-state index contributed by atoms with van der Waals surface area (Å²) in [6.07, 6.45) is 2.03. The van der Waals surface area contributed by atoms with E-state index in [-0.39, 0.29) is 0 Å². The summed E-state index contributed by atoms with van der Waals surface area (Å²) in [7, 11) is 0. The van der Waals surface area contributed by atoms with Crippen LogP contribution in [-0.2, 0) is 4.79 Å². The lowest BCUT2D eigenvalue weighted by molar-refractivity contribution is -0.116. The minimum Gasteiger partial charge on any atom is -0.374 e. The van der Waals surface area contributed by atoms with Crippen molar-refractivity contribution in [2.75, 3.05) is 17.3 Å². The molecule has 25 heavy (non-hydrogen) atoms. The molecule has 3 saturated heterocycles. The summed E-state index contributed by atoms with van der Waals surface area (Å²) in [5.74, 6) is 2.31. The zero-order chi connectivity index (χ0) is 19.1. The Labute approximate surface area is 162 Å². The quantitative estimate of drug-likeness (QED) is 0.596. The number of nitrogens with zero attached hydrogens (tertiary/aromatic N) is 2. The summed E-state index contributed by atoms with van der Waals surface area (Å²) >= 11 is 5.07. The molecule has 2 N–H and O–H groups in total. The maximum Gasteiger partial charge on any atom is 0.161 e. The van der Waals surface area contributed by atoms with Crippen LogP contribution in [0.5, 0.6) is 0 Å². The fraction of sp³-hybridized carbons (Fsp3) is 0.824. The Morgan fingerprint density at radius 2 is 1.36 bits per heavy atom. The molecule has 3 rings (SSSR count). The SMILES string of the molecule is CC1CC(=O)CS1.C[C@@H]1C[C@@](O)(C#N)CS1.C[C@H]1C[C@@](O)(C#N)CS1. The van der Waals surface area contributed by atoms with Crippen LogP contribution < -0.4 is 0 Å². The van der Waals surface area contributed by atoms with Crippen LogP contribution in [0.4, 0.5) is 0 Å². The first-order valence-corrected chi connectivity index (χ1v) is 11.4. The molecule has 0 aromatic rings. The normalized spacial score (nSPS) is 39.5. The van der Waals surface area contributed by atoms with Crippen molar-refractivity contribution in [2.45, 2.75) is 67.0 Å². The highest BCUT2D eigenvalue weighted by molar-refractivity contribution is 8.01. The van der Waals surface area contributed by atoms with Crippen molar-refractivity contribution in [3.05, 3.63) is 0 Å². The summed E-state index contributed by atoms with van der Waals surface area (Å²) in [4.78, 5) is 10.4. The first-order valence-electron chi connectivity index (χ1n) is 8.25. The summed E-state index contributed by atoms with van der Waals surface area (Å²) < 4.78 is 0. The predicted molar refractivity (Wildman–Crippen MR) is 106 cm³/mol. The molecule has 3 heterocycles. The van der Waals surface area contributed by atoms with Crippen molar-refractivity contribution in [1.82, 2.24) is 0 Å². The highest BCUT2D eigenvalue weighted by Crippen LogP contribution is 2.34. The first kappa shape index (κ1) is 22.7. The van der Waals surface area contributed by atoms with Crippen molar-refractivity contribution >= 4 is 41.1 Å². The standard InChI is InChI=1S/2C6H9NOS.C5H8OS/c2*1-5-2-6(8,3-7)4-9-5;1-4-2-5(6)3-7-4/h2*5,8H,2,4H2,1H3;4H,2-3H2,1H3/t5-,6+;5-,6-;/m01./s1. The highest BCUT2D eigenvalue weighted by Gasteiger charge is 2.36. The topological polar surface area (TPSA) is 105 Å². The van der Waals surface area contributed by atoms with Crippen LogP contribution in [0, 0.1) is 22.7 Å². The van der Waals surface area contributed by atoms with Crippen LogP contribution in [0.1, 0.15) is 40.0 Å². The Kier molecular flexibility index (Phi) is 9.14. The van der Waals surface area contributed by atoms with E-state index in [2.05, 4.69) is 6.92 Å². The zero-order valence-corrected chi connectivity index (χ0v) is 17.3. The molecule has 5 atom stereocenters. The molecule has 1 unspecified atom stereocenters. The average molecular weight is 403 g/mol. The molecule has 0 radical (unpaired) electrons. The molecule has 0 bridgehead atoms. The maximum absolute atomic E-state index is 10.4. The molecule has 0 amide bonds. The lowest BCUT2D eigenvalue weighted by Crippen LogP contribution is -2.25. The van der Waals surface area contributed by atoms with Gasteiger partial charge in [0.2, 0.25) is 0 Å². The van der Waals surface area contributed by atoms with Crippen LogP contribution >= 0.6 is 35.3 Å². The van der Waals surface area contributed by atoms with Crippen LogP contribution in [0.25, 0.3) is 0 Å². The van der Waals surface area contributed by atoms with Gasteiger partial charge in [0.1, 0.15) is 5.78 Å². The van der Waals surface area contributed by atoms with Gasteiger partial charge in [0.15, 0.2) is 11.2 Å². The van der Waals surface area contributed by atoms with E-state index in [9.17, 15) is 15.0 Å². The van der Waals surface area contributed by atoms with Crippen molar-refractivity contribution in [3.8, 4) is 12.1 Å². The van der Waals surface area contributed by atoms with E-state index in [1.54, 1.807) is 35.3 Å². The van der Waals surface area contributed by atoms with Gasteiger partial charge in [0.05, 0.1) is 17.9 Å². The second kappa shape index (κ2) is 10.1. The molecule has 3 aliphatic heterocycles. The van der Waals surface area contributed by atoms with Gasteiger partial charge in [0, 0.05) is 46.5 Å². The third-order valence-corrected chi connectivity index (χ3v) is 7.91. The van der Waals surface area contributed by atoms with Crippen LogP contribution in [0.3, 0.4) is 0 Å². The molecule has 3 aliphatic rings. The molecule has 140 valence electrons. The fourth-order valence-corrected chi connectivity index (χ4v) is 5.74. The van der Waals surface area contributed by atoms with Crippen molar-refractivity contribution in [1.29, 1.82) is 10.5 Å². The third kappa shape index (κ3) is 8.23. The molecule has 5 nitrogen and oxygen atoms in total. The molecule has 0 spiro atoms. The Bertz CT molecular complexity index is 512. The molecular formula is C17H26N2O3S3. The van der Waals surface area contributed by atoms with E-state index >= 15 is 0 Å². The molecule has 8 heteroatoms. The minimum absolute atomic E-state index is 0.414.